The molecule has 0 radical (unpaired) electrons. The van der Waals surface area contributed by atoms with Gasteiger partial charge in [-0.2, -0.15) is 0 Å². The van der Waals surface area contributed by atoms with Crippen molar-refractivity contribution in [3.63, 3.8) is 0 Å². The van der Waals surface area contributed by atoms with Crippen LogP contribution in [0.3, 0.4) is 0 Å². The predicted octanol–water partition coefficient (Wildman–Crippen LogP) is 2.24. The van der Waals surface area contributed by atoms with Gasteiger partial charge in [-0.05, 0) is 56.9 Å². The first kappa shape index (κ1) is 21.1. The van der Waals surface area contributed by atoms with Crippen LogP contribution in [0.15, 0.2) is 24.3 Å². The SMILES string of the molecule is CC(=O)N1CCC2(CC1)C[C@H](CCN1CCN(c3ccc(F)cc3)[C@@H](C)C1)NC2=O. The maximum absolute atomic E-state index is 13.2. The first-order valence-corrected chi connectivity index (χ1v) is 11.2. The van der Waals surface area contributed by atoms with Crippen LogP contribution < -0.4 is 10.2 Å². The Bertz CT molecular complexity index is 776. The normalized spacial score (nSPS) is 26.8. The average molecular weight is 417 g/mol. The van der Waals surface area contributed by atoms with Crippen LogP contribution in [0.4, 0.5) is 10.1 Å². The van der Waals surface area contributed by atoms with E-state index in [2.05, 4.69) is 22.0 Å². The molecule has 2 amide bonds. The fraction of sp³-hybridized carbons (Fsp3) is 0.652. The van der Waals surface area contributed by atoms with Crippen molar-refractivity contribution in [2.75, 3.05) is 44.2 Å². The molecule has 0 saturated carbocycles. The van der Waals surface area contributed by atoms with Gasteiger partial charge in [0.1, 0.15) is 5.82 Å². The van der Waals surface area contributed by atoms with E-state index in [0.717, 1.165) is 57.5 Å². The minimum Gasteiger partial charge on any atom is -0.366 e. The molecule has 0 aliphatic carbocycles. The number of piperidine rings is 1. The molecule has 1 aromatic rings. The molecule has 3 fully saturated rings. The Balaban J connectivity index is 1.25. The second-order valence-corrected chi connectivity index (χ2v) is 9.27. The highest BCUT2D eigenvalue weighted by molar-refractivity contribution is 5.85. The van der Waals surface area contributed by atoms with Gasteiger partial charge >= 0.3 is 0 Å². The highest BCUT2D eigenvalue weighted by atomic mass is 19.1. The van der Waals surface area contributed by atoms with Crippen LogP contribution in [0.1, 0.15) is 39.5 Å². The van der Waals surface area contributed by atoms with Crippen LogP contribution in [0.2, 0.25) is 0 Å². The van der Waals surface area contributed by atoms with Crippen molar-refractivity contribution in [3.05, 3.63) is 30.1 Å². The molecular weight excluding hydrogens is 383 g/mol. The fourth-order valence-corrected chi connectivity index (χ4v) is 5.40. The molecule has 6 nitrogen and oxygen atoms in total. The van der Waals surface area contributed by atoms with Crippen LogP contribution in [0.5, 0.6) is 0 Å². The van der Waals surface area contributed by atoms with Gasteiger partial charge in [0.25, 0.3) is 0 Å². The zero-order valence-electron chi connectivity index (χ0n) is 18.1. The van der Waals surface area contributed by atoms with Gasteiger partial charge in [0.15, 0.2) is 0 Å². The van der Waals surface area contributed by atoms with Gasteiger partial charge in [-0.1, -0.05) is 0 Å². The lowest BCUT2D eigenvalue weighted by atomic mass is 9.75. The summed E-state index contributed by atoms with van der Waals surface area (Å²) in [6.45, 7) is 9.04. The number of halogens is 1. The molecule has 1 spiro atoms. The largest absolute Gasteiger partial charge is 0.366 e. The van der Waals surface area contributed by atoms with Gasteiger partial charge < -0.3 is 15.1 Å². The molecule has 0 bridgehead atoms. The Hall–Kier alpha value is -2.15. The average Bonchev–Trinajstić information content (AvgIpc) is 3.02. The van der Waals surface area contributed by atoms with Gasteiger partial charge in [-0.15, -0.1) is 0 Å². The summed E-state index contributed by atoms with van der Waals surface area (Å²) in [5, 5.41) is 3.23. The summed E-state index contributed by atoms with van der Waals surface area (Å²) in [7, 11) is 0. The van der Waals surface area contributed by atoms with Crippen LogP contribution in [0, 0.1) is 11.2 Å². The third-order valence-electron chi connectivity index (χ3n) is 7.28. The number of anilines is 1. The van der Waals surface area contributed by atoms with Gasteiger partial charge in [0.05, 0.1) is 5.41 Å². The van der Waals surface area contributed by atoms with E-state index in [1.165, 1.54) is 12.1 Å². The summed E-state index contributed by atoms with van der Waals surface area (Å²) in [6, 6.07) is 7.34. The van der Waals surface area contributed by atoms with Gasteiger partial charge in [0, 0.05) is 64.0 Å². The van der Waals surface area contributed by atoms with Gasteiger partial charge in [0.2, 0.25) is 11.8 Å². The van der Waals surface area contributed by atoms with Crippen molar-refractivity contribution in [3.8, 4) is 0 Å². The molecule has 0 unspecified atom stereocenters. The van der Waals surface area contributed by atoms with E-state index in [-0.39, 0.29) is 29.1 Å². The molecule has 30 heavy (non-hydrogen) atoms. The van der Waals surface area contributed by atoms with E-state index in [9.17, 15) is 14.0 Å². The topological polar surface area (TPSA) is 55.9 Å². The quantitative estimate of drug-likeness (QED) is 0.818. The van der Waals surface area contributed by atoms with Crippen molar-refractivity contribution in [2.24, 2.45) is 5.41 Å². The summed E-state index contributed by atoms with van der Waals surface area (Å²) in [5.41, 5.74) is 0.802. The molecule has 7 heteroatoms. The number of carbonyl (C=O) groups excluding carboxylic acids is 2. The molecule has 2 atom stereocenters. The second kappa shape index (κ2) is 8.53. The Morgan fingerprint density at radius 2 is 1.87 bits per heavy atom. The number of likely N-dealkylation sites (tertiary alicyclic amines) is 1. The number of amides is 2. The maximum Gasteiger partial charge on any atom is 0.226 e. The lowest BCUT2D eigenvalue weighted by molar-refractivity contribution is -0.136. The molecule has 1 N–H and O–H groups in total. The van der Waals surface area contributed by atoms with E-state index in [1.807, 2.05) is 17.0 Å². The molecule has 3 aliphatic rings. The zero-order chi connectivity index (χ0) is 21.3. The predicted molar refractivity (Wildman–Crippen MR) is 115 cm³/mol. The lowest BCUT2D eigenvalue weighted by Gasteiger charge is -2.41. The smallest absolute Gasteiger partial charge is 0.226 e. The van der Waals surface area contributed by atoms with E-state index in [4.69, 9.17) is 0 Å². The van der Waals surface area contributed by atoms with E-state index in [0.29, 0.717) is 19.1 Å². The Kier molecular flexibility index (Phi) is 6.00. The minimum absolute atomic E-state index is 0.105. The number of benzene rings is 1. The molecule has 3 saturated heterocycles. The first-order valence-electron chi connectivity index (χ1n) is 11.2. The molecular formula is C23H33FN4O2. The van der Waals surface area contributed by atoms with Gasteiger partial charge in [-0.3, -0.25) is 14.5 Å². The van der Waals surface area contributed by atoms with Crippen LogP contribution in [0.25, 0.3) is 0 Å². The van der Waals surface area contributed by atoms with E-state index < -0.39 is 0 Å². The molecule has 3 heterocycles. The molecule has 4 rings (SSSR count). The minimum atomic E-state index is -0.273. The lowest BCUT2D eigenvalue weighted by Crippen LogP contribution is -2.52. The standard InChI is InChI=1S/C23H33FN4O2/c1-17-16-26(13-14-28(17)21-5-3-19(24)4-6-21)10-7-20-15-23(22(30)25-20)8-11-27(12-9-23)18(2)29/h3-6,17,20H,7-16H2,1-2H3,(H,25,30)/t17-,20-/m0/s1. The van der Waals surface area contributed by atoms with Crippen molar-refractivity contribution in [2.45, 2.75) is 51.6 Å². The monoisotopic (exact) mass is 416 g/mol. The van der Waals surface area contributed by atoms with E-state index in [1.54, 1.807) is 6.92 Å². The fourth-order valence-electron chi connectivity index (χ4n) is 5.40. The summed E-state index contributed by atoms with van der Waals surface area (Å²) < 4.78 is 13.2. The summed E-state index contributed by atoms with van der Waals surface area (Å²) in [6.07, 6.45) is 3.42. The van der Waals surface area contributed by atoms with E-state index >= 15 is 0 Å². The number of hydrogen-bond acceptors (Lipinski definition) is 4. The molecule has 164 valence electrons. The third kappa shape index (κ3) is 4.31. The highest BCUT2D eigenvalue weighted by Crippen LogP contribution is 2.41. The number of hydrogen-bond donors (Lipinski definition) is 1. The van der Waals surface area contributed by atoms with Crippen molar-refractivity contribution < 1.29 is 14.0 Å². The molecule has 3 aliphatic heterocycles. The highest BCUT2D eigenvalue weighted by Gasteiger charge is 2.48. The zero-order valence-corrected chi connectivity index (χ0v) is 18.1. The van der Waals surface area contributed by atoms with Crippen LogP contribution in [-0.4, -0.2) is 73.0 Å². The Labute approximate surface area is 178 Å². The second-order valence-electron chi connectivity index (χ2n) is 9.27. The summed E-state index contributed by atoms with van der Waals surface area (Å²) in [4.78, 5) is 30.9. The number of piperazine rings is 1. The van der Waals surface area contributed by atoms with Crippen molar-refractivity contribution in [1.29, 1.82) is 0 Å². The Morgan fingerprint density at radius 1 is 1.17 bits per heavy atom. The third-order valence-corrected chi connectivity index (χ3v) is 7.28. The molecule has 1 aromatic carbocycles. The first-order chi connectivity index (χ1) is 14.4. The van der Waals surface area contributed by atoms with Crippen LogP contribution in [-0.2, 0) is 9.59 Å². The summed E-state index contributed by atoms with van der Waals surface area (Å²) in [5.74, 6) is 0.0901. The van der Waals surface area contributed by atoms with Crippen molar-refractivity contribution >= 4 is 17.5 Å². The van der Waals surface area contributed by atoms with Crippen LogP contribution >= 0.6 is 0 Å². The summed E-state index contributed by atoms with van der Waals surface area (Å²) >= 11 is 0. The number of nitrogens with zero attached hydrogens (tertiary/aromatic N) is 3. The van der Waals surface area contributed by atoms with Crippen molar-refractivity contribution in [1.82, 2.24) is 15.1 Å². The number of rotatable bonds is 4. The molecule has 0 aromatic heterocycles. The number of nitrogens with one attached hydrogen (secondary N) is 1. The van der Waals surface area contributed by atoms with Gasteiger partial charge in [-0.25, -0.2) is 4.39 Å². The number of carbonyl (C=O) groups is 2. The Morgan fingerprint density at radius 3 is 2.50 bits per heavy atom. The maximum atomic E-state index is 13.2.